The van der Waals surface area contributed by atoms with Crippen molar-refractivity contribution < 1.29 is 14.3 Å². The number of morpholine rings is 1. The molecule has 6 nitrogen and oxygen atoms in total. The van der Waals surface area contributed by atoms with E-state index >= 15 is 0 Å². The van der Waals surface area contributed by atoms with Crippen molar-refractivity contribution in [1.29, 1.82) is 0 Å². The molecule has 1 aliphatic rings. The Hall–Kier alpha value is -1.79. The molecule has 2 rings (SSSR count). The molecular weight excluding hydrogens is 294 g/mol. The molecule has 0 spiro atoms. The molecule has 1 atom stereocenters. The first-order chi connectivity index (χ1) is 10.9. The van der Waals surface area contributed by atoms with Gasteiger partial charge in [-0.2, -0.15) is 0 Å². The molecule has 1 amide bonds. The number of rotatable bonds is 4. The van der Waals surface area contributed by atoms with Crippen LogP contribution in [-0.4, -0.2) is 44.5 Å². The minimum atomic E-state index is -0.535. The average Bonchev–Trinajstić information content (AvgIpc) is 2.52. The Bertz CT molecular complexity index is 522. The van der Waals surface area contributed by atoms with Gasteiger partial charge in [-0.05, 0) is 32.4 Å². The van der Waals surface area contributed by atoms with Crippen LogP contribution in [0.3, 0.4) is 0 Å². The summed E-state index contributed by atoms with van der Waals surface area (Å²) in [5.74, 6) is 0. The molecule has 1 heterocycles. The van der Waals surface area contributed by atoms with Crippen LogP contribution in [0.2, 0.25) is 0 Å². The molecule has 3 N–H and O–H groups in total. The van der Waals surface area contributed by atoms with Crippen LogP contribution in [0.4, 0.5) is 10.5 Å². The van der Waals surface area contributed by atoms with Gasteiger partial charge in [0, 0.05) is 25.3 Å². The van der Waals surface area contributed by atoms with Crippen molar-refractivity contribution in [2.24, 2.45) is 5.73 Å². The second-order valence-electron chi connectivity index (χ2n) is 6.59. The summed E-state index contributed by atoms with van der Waals surface area (Å²) in [6.45, 7) is 8.91. The lowest BCUT2D eigenvalue weighted by Gasteiger charge is -2.32. The van der Waals surface area contributed by atoms with Crippen LogP contribution in [0.1, 0.15) is 32.4 Å². The van der Waals surface area contributed by atoms with Gasteiger partial charge in [0.1, 0.15) is 5.60 Å². The van der Waals surface area contributed by atoms with Gasteiger partial charge in [-0.15, -0.1) is 0 Å². The molecule has 6 heteroatoms. The van der Waals surface area contributed by atoms with Crippen LogP contribution < -0.4 is 16.0 Å². The summed E-state index contributed by atoms with van der Waals surface area (Å²) >= 11 is 0. The Balaban J connectivity index is 2.15. The van der Waals surface area contributed by atoms with E-state index in [0.29, 0.717) is 19.8 Å². The summed E-state index contributed by atoms with van der Waals surface area (Å²) in [4.78, 5) is 14.3. The number of nitrogens with two attached hydrogens (primary N) is 1. The molecule has 1 aromatic carbocycles. The van der Waals surface area contributed by atoms with Crippen molar-refractivity contribution in [2.75, 3.05) is 37.7 Å². The monoisotopic (exact) mass is 321 g/mol. The van der Waals surface area contributed by atoms with Gasteiger partial charge in [0.05, 0.1) is 19.3 Å². The fourth-order valence-corrected chi connectivity index (χ4v) is 2.59. The van der Waals surface area contributed by atoms with E-state index in [1.165, 1.54) is 0 Å². The van der Waals surface area contributed by atoms with Crippen molar-refractivity contribution in [3.63, 3.8) is 0 Å². The highest BCUT2D eigenvalue weighted by atomic mass is 16.6. The number of ether oxygens (including phenoxy) is 2. The summed E-state index contributed by atoms with van der Waals surface area (Å²) in [5.41, 5.74) is 7.46. The summed E-state index contributed by atoms with van der Waals surface area (Å²) in [6, 6.07) is 7.72. The molecule has 0 aliphatic carbocycles. The van der Waals surface area contributed by atoms with E-state index in [1.54, 1.807) is 0 Å². The Morgan fingerprint density at radius 1 is 1.35 bits per heavy atom. The van der Waals surface area contributed by atoms with Crippen molar-refractivity contribution in [3.05, 3.63) is 29.8 Å². The molecule has 1 unspecified atom stereocenters. The van der Waals surface area contributed by atoms with Gasteiger partial charge in [0.15, 0.2) is 0 Å². The van der Waals surface area contributed by atoms with Gasteiger partial charge in [-0.25, -0.2) is 4.79 Å². The first-order valence-corrected chi connectivity index (χ1v) is 8.02. The standard InChI is InChI=1S/C17H27N3O3/c1-17(2,3)23-16(21)19-14(12-18)13-6-4-5-7-15(13)20-8-10-22-11-9-20/h4-7,14H,8-12,18H2,1-3H3,(H,19,21). The third-order valence-electron chi connectivity index (χ3n) is 3.59. The SMILES string of the molecule is CC(C)(C)OC(=O)NC(CN)c1ccccc1N1CCOCC1. The molecule has 1 fully saturated rings. The van der Waals surface area contributed by atoms with E-state index in [-0.39, 0.29) is 6.04 Å². The number of nitrogens with one attached hydrogen (secondary N) is 1. The first-order valence-electron chi connectivity index (χ1n) is 8.02. The molecule has 0 saturated carbocycles. The van der Waals surface area contributed by atoms with Crippen molar-refractivity contribution in [2.45, 2.75) is 32.4 Å². The maximum atomic E-state index is 12.1. The number of carbonyl (C=O) groups is 1. The maximum absolute atomic E-state index is 12.1. The molecule has 0 bridgehead atoms. The van der Waals surface area contributed by atoms with Crippen LogP contribution in [0.15, 0.2) is 24.3 Å². The van der Waals surface area contributed by atoms with E-state index in [2.05, 4.69) is 16.3 Å². The minimum Gasteiger partial charge on any atom is -0.444 e. The number of para-hydroxylation sites is 1. The average molecular weight is 321 g/mol. The molecule has 1 saturated heterocycles. The summed E-state index contributed by atoms with van der Waals surface area (Å²) in [6.07, 6.45) is -0.454. The predicted octanol–water partition coefficient (Wildman–Crippen LogP) is 2.05. The van der Waals surface area contributed by atoms with Crippen LogP contribution in [0.25, 0.3) is 0 Å². The Morgan fingerprint density at radius 3 is 2.61 bits per heavy atom. The van der Waals surface area contributed by atoms with Crippen LogP contribution in [-0.2, 0) is 9.47 Å². The van der Waals surface area contributed by atoms with E-state index < -0.39 is 11.7 Å². The fraction of sp³-hybridized carbons (Fsp3) is 0.588. The number of amides is 1. The second kappa shape index (κ2) is 7.66. The zero-order valence-corrected chi connectivity index (χ0v) is 14.2. The molecule has 1 aromatic rings. The summed E-state index contributed by atoms with van der Waals surface area (Å²) in [5, 5.41) is 2.87. The first kappa shape index (κ1) is 17.6. The van der Waals surface area contributed by atoms with Crippen molar-refractivity contribution in [3.8, 4) is 0 Å². The fourth-order valence-electron chi connectivity index (χ4n) is 2.59. The number of anilines is 1. The zero-order chi connectivity index (χ0) is 16.9. The van der Waals surface area contributed by atoms with Crippen LogP contribution in [0, 0.1) is 0 Å². The van der Waals surface area contributed by atoms with E-state index in [4.69, 9.17) is 15.2 Å². The number of hydrogen-bond donors (Lipinski definition) is 2. The lowest BCUT2D eigenvalue weighted by atomic mass is 10.0. The van der Waals surface area contributed by atoms with Crippen molar-refractivity contribution in [1.82, 2.24) is 5.32 Å². The largest absolute Gasteiger partial charge is 0.444 e. The Kier molecular flexibility index (Phi) is 5.85. The molecule has 1 aliphatic heterocycles. The number of alkyl carbamates (subject to hydrolysis) is 1. The van der Waals surface area contributed by atoms with Gasteiger partial charge in [-0.1, -0.05) is 18.2 Å². The molecule has 23 heavy (non-hydrogen) atoms. The van der Waals surface area contributed by atoms with Crippen molar-refractivity contribution >= 4 is 11.8 Å². The van der Waals surface area contributed by atoms with Gasteiger partial charge >= 0.3 is 6.09 Å². The zero-order valence-electron chi connectivity index (χ0n) is 14.2. The van der Waals surface area contributed by atoms with Gasteiger partial charge in [0.25, 0.3) is 0 Å². The third-order valence-corrected chi connectivity index (χ3v) is 3.59. The highest BCUT2D eigenvalue weighted by Gasteiger charge is 2.23. The van der Waals surface area contributed by atoms with E-state index in [0.717, 1.165) is 24.3 Å². The number of hydrogen-bond acceptors (Lipinski definition) is 5. The normalized spacial score (nSPS) is 16.8. The Labute approximate surface area is 137 Å². The lowest BCUT2D eigenvalue weighted by Crippen LogP contribution is -2.40. The summed E-state index contributed by atoms with van der Waals surface area (Å²) < 4.78 is 10.7. The Morgan fingerprint density at radius 2 is 2.00 bits per heavy atom. The van der Waals surface area contributed by atoms with Gasteiger partial charge in [0.2, 0.25) is 0 Å². The number of benzene rings is 1. The molecule has 128 valence electrons. The van der Waals surface area contributed by atoms with Crippen LogP contribution in [0.5, 0.6) is 0 Å². The smallest absolute Gasteiger partial charge is 0.408 e. The lowest BCUT2D eigenvalue weighted by molar-refractivity contribution is 0.0505. The highest BCUT2D eigenvalue weighted by molar-refractivity contribution is 5.69. The maximum Gasteiger partial charge on any atom is 0.408 e. The molecule has 0 aromatic heterocycles. The van der Waals surface area contributed by atoms with E-state index in [1.807, 2.05) is 39.0 Å². The third kappa shape index (κ3) is 5.11. The minimum absolute atomic E-state index is 0.288. The highest BCUT2D eigenvalue weighted by Crippen LogP contribution is 2.27. The topological polar surface area (TPSA) is 76.8 Å². The molecule has 0 radical (unpaired) electrons. The van der Waals surface area contributed by atoms with Gasteiger partial charge in [-0.3, -0.25) is 0 Å². The van der Waals surface area contributed by atoms with Gasteiger partial charge < -0.3 is 25.4 Å². The number of carbonyl (C=O) groups excluding carboxylic acids is 1. The van der Waals surface area contributed by atoms with E-state index in [9.17, 15) is 4.79 Å². The predicted molar refractivity (Wildman–Crippen MR) is 90.6 cm³/mol. The quantitative estimate of drug-likeness (QED) is 0.887. The summed E-state index contributed by atoms with van der Waals surface area (Å²) in [7, 11) is 0. The van der Waals surface area contributed by atoms with Crippen LogP contribution >= 0.6 is 0 Å². The number of nitrogens with zero attached hydrogens (tertiary/aromatic N) is 1. The molecular formula is C17H27N3O3. The second-order valence-corrected chi connectivity index (χ2v) is 6.59.